The maximum Gasteiger partial charge on any atom is 0.416 e. The number of hydrogen-bond acceptors (Lipinski definition) is 5. The van der Waals surface area contributed by atoms with E-state index in [-0.39, 0.29) is 22.9 Å². The number of benzene rings is 3. The van der Waals surface area contributed by atoms with Gasteiger partial charge in [-0.25, -0.2) is 8.78 Å². The van der Waals surface area contributed by atoms with E-state index in [1.54, 1.807) is 18.0 Å². The Hall–Kier alpha value is -3.76. The van der Waals surface area contributed by atoms with Crippen molar-refractivity contribution in [1.82, 2.24) is 5.32 Å². The Morgan fingerprint density at radius 1 is 1.00 bits per heavy atom. The number of nitrogens with zero attached hydrogens (tertiary/aromatic N) is 2. The van der Waals surface area contributed by atoms with Crippen molar-refractivity contribution < 1.29 is 27.1 Å². The smallest absolute Gasteiger partial charge is 0.408 e. The number of fused-ring (bicyclic) bond motifs is 3. The molecule has 2 aliphatic heterocycles. The quantitative estimate of drug-likeness (QED) is 0.273. The highest BCUT2D eigenvalue weighted by molar-refractivity contribution is 6.55. The lowest BCUT2D eigenvalue weighted by Gasteiger charge is -2.48. The van der Waals surface area contributed by atoms with E-state index < -0.39 is 28.3 Å². The molecule has 0 atom stereocenters. The van der Waals surface area contributed by atoms with E-state index >= 15 is 0 Å². The van der Waals surface area contributed by atoms with Crippen molar-refractivity contribution in [2.24, 2.45) is 0 Å². The fourth-order valence-electron chi connectivity index (χ4n) is 4.71. The topological polar surface area (TPSA) is 50.8 Å². The second-order valence-electron chi connectivity index (χ2n) is 10.2. The minimum Gasteiger partial charge on any atom is -0.408 e. The molecule has 0 aromatic heterocycles. The predicted molar refractivity (Wildman–Crippen MR) is 169 cm³/mol. The standard InChI is InChI=1S/C23H18B4F4N4O.C6H4ClF/c1-10(13-5-14(21(29,30)31)7-15(28)6-13)33-17-8-18-20(19-11(2)32-9-16(17)19)34(4)12(3)35(18)22(24,25)23(26,27)36;7-5-1-3-6(8)4-2-5/h5-8,32-33,36H,1-3,9H2,4H3;1-4H. The zero-order valence-electron chi connectivity index (χ0n) is 23.4. The summed E-state index contributed by atoms with van der Waals surface area (Å²) in [6.45, 7) is 12.1. The first-order chi connectivity index (χ1) is 20.2. The molecule has 0 unspecified atom stereocenters. The maximum atomic E-state index is 14.0. The molecule has 0 bridgehead atoms. The van der Waals surface area contributed by atoms with Gasteiger partial charge in [-0.3, -0.25) is 0 Å². The van der Waals surface area contributed by atoms with E-state index in [9.17, 15) is 27.1 Å². The van der Waals surface area contributed by atoms with E-state index in [4.69, 9.17) is 43.0 Å². The second-order valence-corrected chi connectivity index (χ2v) is 10.6. The van der Waals surface area contributed by atoms with Crippen LogP contribution in [0.15, 0.2) is 74.1 Å². The van der Waals surface area contributed by atoms with Crippen LogP contribution in [0, 0.1) is 11.6 Å². The zero-order valence-corrected chi connectivity index (χ0v) is 24.1. The molecule has 0 fully saturated rings. The van der Waals surface area contributed by atoms with E-state index in [2.05, 4.69) is 30.4 Å². The first-order valence-electron chi connectivity index (χ1n) is 12.7. The van der Waals surface area contributed by atoms with E-state index in [0.29, 0.717) is 51.5 Å². The van der Waals surface area contributed by atoms with Gasteiger partial charge in [0.15, 0.2) is 0 Å². The van der Waals surface area contributed by atoms with E-state index in [0.717, 1.165) is 12.1 Å². The van der Waals surface area contributed by atoms with Crippen molar-refractivity contribution in [2.45, 2.75) is 23.5 Å². The van der Waals surface area contributed by atoms with Gasteiger partial charge in [0.05, 0.1) is 48.3 Å². The van der Waals surface area contributed by atoms with Crippen LogP contribution < -0.4 is 20.4 Å². The lowest BCUT2D eigenvalue weighted by molar-refractivity contribution is -0.137. The van der Waals surface area contributed by atoms with Crippen LogP contribution >= 0.6 is 11.6 Å². The second kappa shape index (κ2) is 11.6. The van der Waals surface area contributed by atoms with Crippen LogP contribution in [0.1, 0.15) is 22.3 Å². The molecular formula is C29H22B4ClF5N4O. The summed E-state index contributed by atoms with van der Waals surface area (Å²) >= 11 is 5.44. The van der Waals surface area contributed by atoms with Gasteiger partial charge in [0, 0.05) is 52.4 Å². The molecule has 44 heavy (non-hydrogen) atoms. The van der Waals surface area contributed by atoms with Crippen LogP contribution in [-0.2, 0) is 12.7 Å². The van der Waals surface area contributed by atoms with Crippen LogP contribution in [0.2, 0.25) is 5.02 Å². The van der Waals surface area contributed by atoms with Gasteiger partial charge in [-0.2, -0.15) is 13.2 Å². The van der Waals surface area contributed by atoms with Gasteiger partial charge >= 0.3 is 6.18 Å². The van der Waals surface area contributed by atoms with E-state index in [1.807, 2.05) is 0 Å². The molecule has 15 heteroatoms. The third kappa shape index (κ3) is 6.23. The molecule has 3 aromatic carbocycles. The first-order valence-corrected chi connectivity index (χ1v) is 13.1. The number of rotatable bonds is 5. The van der Waals surface area contributed by atoms with Crippen LogP contribution in [0.25, 0.3) is 11.4 Å². The predicted octanol–water partition coefficient (Wildman–Crippen LogP) is 5.18. The van der Waals surface area contributed by atoms with Crippen LogP contribution in [0.5, 0.6) is 0 Å². The molecule has 0 amide bonds. The molecule has 0 saturated heterocycles. The molecule has 3 aromatic rings. The van der Waals surface area contributed by atoms with Crippen molar-refractivity contribution in [2.75, 3.05) is 22.2 Å². The Bertz CT molecular complexity index is 1640. The van der Waals surface area contributed by atoms with Crippen molar-refractivity contribution in [3.63, 3.8) is 0 Å². The van der Waals surface area contributed by atoms with Crippen molar-refractivity contribution in [1.29, 1.82) is 0 Å². The summed E-state index contributed by atoms with van der Waals surface area (Å²) in [5, 5.41) is 12.1. The lowest BCUT2D eigenvalue weighted by atomic mass is 9.39. The minimum atomic E-state index is -4.74. The Morgan fingerprint density at radius 2 is 1.61 bits per heavy atom. The lowest BCUT2D eigenvalue weighted by Crippen LogP contribution is -2.66. The van der Waals surface area contributed by atoms with Crippen LogP contribution in [-0.4, -0.2) is 54.3 Å². The van der Waals surface area contributed by atoms with Crippen molar-refractivity contribution in [3.8, 4) is 0 Å². The van der Waals surface area contributed by atoms with Gasteiger partial charge in [-0.1, -0.05) is 31.3 Å². The SMILES string of the molecule is Fc1ccc(Cl)cc1.[B]C([B])(O)C([B])([B])N1C(=C)N(C)c2c1cc(NC(=C)c1cc(F)cc(C(F)(F)F)c1)c1c2C(=C)NC1. The van der Waals surface area contributed by atoms with Gasteiger partial charge in [0.1, 0.15) is 17.5 Å². The molecular weight excluding hydrogens is 594 g/mol. The number of aliphatic hydroxyl groups is 1. The van der Waals surface area contributed by atoms with Crippen LogP contribution in [0.3, 0.4) is 0 Å². The number of nitrogens with one attached hydrogen (secondary N) is 2. The molecule has 218 valence electrons. The molecule has 0 aliphatic carbocycles. The third-order valence-electron chi connectivity index (χ3n) is 7.06. The molecule has 8 radical (unpaired) electrons. The summed E-state index contributed by atoms with van der Waals surface area (Å²) < 4.78 is 65.7. The molecule has 2 aliphatic rings. The van der Waals surface area contributed by atoms with Crippen molar-refractivity contribution in [3.05, 3.63) is 113 Å². The molecule has 5 nitrogen and oxygen atoms in total. The summed E-state index contributed by atoms with van der Waals surface area (Å²) in [5.41, 5.74) is 1.91. The molecule has 3 N–H and O–H groups in total. The molecule has 2 heterocycles. The summed E-state index contributed by atoms with van der Waals surface area (Å²) in [6, 6.07) is 9.38. The minimum absolute atomic E-state index is 0.00250. The van der Waals surface area contributed by atoms with E-state index in [1.165, 1.54) is 29.2 Å². The Labute approximate surface area is 262 Å². The van der Waals surface area contributed by atoms with Gasteiger partial charge in [-0.15, -0.1) is 0 Å². The summed E-state index contributed by atoms with van der Waals surface area (Å²) in [6.07, 6.45) is -4.74. The summed E-state index contributed by atoms with van der Waals surface area (Å²) in [4.78, 5) is 2.90. The largest absolute Gasteiger partial charge is 0.416 e. The average molecular weight is 616 g/mol. The monoisotopic (exact) mass is 616 g/mol. The zero-order chi connectivity index (χ0) is 32.9. The van der Waals surface area contributed by atoms with Crippen LogP contribution in [0.4, 0.5) is 39.0 Å². The highest BCUT2D eigenvalue weighted by atomic mass is 35.5. The number of anilines is 3. The Kier molecular flexibility index (Phi) is 8.76. The van der Waals surface area contributed by atoms with Crippen molar-refractivity contribution >= 4 is 71.4 Å². The number of halogens is 6. The fourth-order valence-corrected chi connectivity index (χ4v) is 4.84. The molecule has 0 spiro atoms. The fraction of sp³-hybridized carbons (Fsp3) is 0.172. The number of alkyl halides is 3. The normalized spacial score (nSPS) is 14.5. The molecule has 0 saturated carbocycles. The summed E-state index contributed by atoms with van der Waals surface area (Å²) in [7, 11) is 25.3. The summed E-state index contributed by atoms with van der Waals surface area (Å²) in [5.74, 6) is -1.08. The third-order valence-corrected chi connectivity index (χ3v) is 7.32. The molecule has 5 rings (SSSR count). The Balaban J connectivity index is 0.000000479. The highest BCUT2D eigenvalue weighted by Crippen LogP contribution is 2.52. The van der Waals surface area contributed by atoms with Gasteiger partial charge in [0.2, 0.25) is 0 Å². The Morgan fingerprint density at radius 3 is 2.16 bits per heavy atom. The average Bonchev–Trinajstić information content (AvgIpc) is 3.41. The number of hydrogen-bond donors (Lipinski definition) is 3. The highest BCUT2D eigenvalue weighted by Gasteiger charge is 2.46. The first kappa shape index (κ1) is 33.1. The van der Waals surface area contributed by atoms with Gasteiger partial charge < -0.3 is 25.5 Å². The maximum absolute atomic E-state index is 14.0. The van der Waals surface area contributed by atoms with Gasteiger partial charge in [-0.05, 0) is 59.3 Å². The van der Waals surface area contributed by atoms with Gasteiger partial charge in [0.25, 0.3) is 0 Å².